The molecule has 0 saturated carbocycles. The van der Waals surface area contributed by atoms with Gasteiger partial charge in [0.2, 0.25) is 0 Å². The first-order valence-electron chi connectivity index (χ1n) is 6.27. The summed E-state index contributed by atoms with van der Waals surface area (Å²) in [6.07, 6.45) is 0. The summed E-state index contributed by atoms with van der Waals surface area (Å²) >= 11 is 0. The molecule has 1 rings (SSSR count). The van der Waals surface area contributed by atoms with Crippen molar-refractivity contribution in [2.75, 3.05) is 6.54 Å². The molecule has 0 aromatic heterocycles. The summed E-state index contributed by atoms with van der Waals surface area (Å²) in [5.41, 5.74) is 2.01. The summed E-state index contributed by atoms with van der Waals surface area (Å²) < 4.78 is 5.12. The van der Waals surface area contributed by atoms with E-state index < -0.39 is 11.6 Å². The highest BCUT2D eigenvalue weighted by atomic mass is 16.6. The molecule has 104 valence electrons. The van der Waals surface area contributed by atoms with Crippen molar-refractivity contribution in [2.24, 2.45) is 0 Å². The van der Waals surface area contributed by atoms with Crippen LogP contribution in [0.2, 0.25) is 0 Å². The molecule has 0 radical (unpaired) electrons. The molecule has 0 saturated heterocycles. The van der Waals surface area contributed by atoms with E-state index in [0.717, 1.165) is 11.1 Å². The first-order valence-corrected chi connectivity index (χ1v) is 6.27. The third-order valence-electron chi connectivity index (χ3n) is 2.66. The topological polar surface area (TPSA) is 55.4 Å². The van der Waals surface area contributed by atoms with Crippen LogP contribution in [0.4, 0.5) is 0 Å². The zero-order valence-corrected chi connectivity index (χ0v) is 12.2. The molecule has 19 heavy (non-hydrogen) atoms. The first kappa shape index (κ1) is 15.2. The number of nitrogens with one attached hydrogen (secondary N) is 1. The number of ether oxygens (including phenoxy) is 1. The zero-order valence-electron chi connectivity index (χ0n) is 12.2. The monoisotopic (exact) mass is 263 g/mol. The minimum atomic E-state index is -0.541. The lowest BCUT2D eigenvalue weighted by atomic mass is 10.0. The van der Waals surface area contributed by atoms with E-state index in [-0.39, 0.29) is 12.5 Å². The van der Waals surface area contributed by atoms with Gasteiger partial charge in [-0.3, -0.25) is 9.59 Å². The average molecular weight is 263 g/mol. The van der Waals surface area contributed by atoms with Gasteiger partial charge in [0.15, 0.2) is 0 Å². The molecule has 1 aromatic carbocycles. The lowest BCUT2D eigenvalue weighted by molar-refractivity contribution is -0.153. The third-order valence-corrected chi connectivity index (χ3v) is 2.66. The van der Waals surface area contributed by atoms with Gasteiger partial charge in [0.1, 0.15) is 12.1 Å². The van der Waals surface area contributed by atoms with Gasteiger partial charge in [-0.05, 0) is 51.8 Å². The highest BCUT2D eigenvalue weighted by Gasteiger charge is 2.17. The number of amides is 1. The van der Waals surface area contributed by atoms with E-state index in [2.05, 4.69) is 5.32 Å². The van der Waals surface area contributed by atoms with Crippen molar-refractivity contribution in [3.05, 3.63) is 34.9 Å². The van der Waals surface area contributed by atoms with Gasteiger partial charge in [0, 0.05) is 5.56 Å². The summed E-state index contributed by atoms with van der Waals surface area (Å²) in [5, 5.41) is 2.58. The molecule has 0 fully saturated rings. The van der Waals surface area contributed by atoms with E-state index in [1.54, 1.807) is 26.8 Å². The molecule has 1 N–H and O–H groups in total. The van der Waals surface area contributed by atoms with Crippen LogP contribution in [-0.4, -0.2) is 24.0 Å². The Bertz CT molecular complexity index is 487. The molecule has 0 aliphatic heterocycles. The van der Waals surface area contributed by atoms with Crippen molar-refractivity contribution in [2.45, 2.75) is 40.2 Å². The fourth-order valence-electron chi connectivity index (χ4n) is 1.62. The summed E-state index contributed by atoms with van der Waals surface area (Å²) in [6, 6.07) is 5.51. The van der Waals surface area contributed by atoms with Crippen molar-refractivity contribution in [1.82, 2.24) is 5.32 Å². The summed E-state index contributed by atoms with van der Waals surface area (Å²) in [5.74, 6) is -0.696. The van der Waals surface area contributed by atoms with Crippen LogP contribution in [-0.2, 0) is 9.53 Å². The number of carbonyl (C=O) groups excluding carboxylic acids is 2. The zero-order chi connectivity index (χ0) is 14.6. The number of esters is 1. The number of hydrogen-bond acceptors (Lipinski definition) is 3. The third kappa shape index (κ3) is 4.73. The molecule has 0 unspecified atom stereocenters. The molecule has 0 bridgehead atoms. The molecule has 0 heterocycles. The Kier molecular flexibility index (Phi) is 4.70. The molecule has 4 nitrogen and oxygen atoms in total. The standard InChI is InChI=1S/C15H21NO3/c1-10-7-6-8-12(11(10)2)14(18)16-9-13(17)19-15(3,4)5/h6-8H,9H2,1-5H3,(H,16,18). The predicted octanol–water partition coefficient (Wildman–Crippen LogP) is 2.37. The second-order valence-electron chi connectivity index (χ2n) is 5.52. The van der Waals surface area contributed by atoms with E-state index >= 15 is 0 Å². The average Bonchev–Trinajstić information content (AvgIpc) is 2.27. The second kappa shape index (κ2) is 5.87. The molecule has 1 aromatic rings. The molecule has 4 heteroatoms. The van der Waals surface area contributed by atoms with Crippen molar-refractivity contribution < 1.29 is 14.3 Å². The Labute approximate surface area is 114 Å². The van der Waals surface area contributed by atoms with Crippen molar-refractivity contribution in [1.29, 1.82) is 0 Å². The SMILES string of the molecule is Cc1cccc(C(=O)NCC(=O)OC(C)(C)C)c1C. The van der Waals surface area contributed by atoms with Crippen molar-refractivity contribution in [3.8, 4) is 0 Å². The summed E-state index contributed by atoms with van der Waals surface area (Å²) in [4.78, 5) is 23.5. The van der Waals surface area contributed by atoms with E-state index in [4.69, 9.17) is 4.74 Å². The van der Waals surface area contributed by atoms with Crippen LogP contribution in [0.15, 0.2) is 18.2 Å². The van der Waals surface area contributed by atoms with Crippen LogP contribution in [0.25, 0.3) is 0 Å². The van der Waals surface area contributed by atoms with Crippen LogP contribution < -0.4 is 5.32 Å². The van der Waals surface area contributed by atoms with Crippen molar-refractivity contribution >= 4 is 11.9 Å². The maximum Gasteiger partial charge on any atom is 0.325 e. The quantitative estimate of drug-likeness (QED) is 0.852. The normalized spacial score (nSPS) is 11.0. The molecule has 1 amide bonds. The molecular weight excluding hydrogens is 242 g/mol. The van der Waals surface area contributed by atoms with E-state index in [0.29, 0.717) is 5.56 Å². The molecular formula is C15H21NO3. The fraction of sp³-hybridized carbons (Fsp3) is 0.467. The van der Waals surface area contributed by atoms with Gasteiger partial charge in [0.05, 0.1) is 0 Å². The minimum Gasteiger partial charge on any atom is -0.459 e. The fourth-order valence-corrected chi connectivity index (χ4v) is 1.62. The maximum atomic E-state index is 12.0. The van der Waals surface area contributed by atoms with Crippen LogP contribution in [0.3, 0.4) is 0 Å². The minimum absolute atomic E-state index is 0.122. The number of rotatable bonds is 3. The van der Waals surface area contributed by atoms with Gasteiger partial charge in [-0.25, -0.2) is 0 Å². The van der Waals surface area contributed by atoms with Crippen molar-refractivity contribution in [3.63, 3.8) is 0 Å². The number of carbonyl (C=O) groups is 2. The van der Waals surface area contributed by atoms with Gasteiger partial charge < -0.3 is 10.1 Å². The maximum absolute atomic E-state index is 12.0. The second-order valence-corrected chi connectivity index (χ2v) is 5.52. The van der Waals surface area contributed by atoms with E-state index in [1.807, 2.05) is 26.0 Å². The van der Waals surface area contributed by atoms with Crippen LogP contribution in [0, 0.1) is 13.8 Å². The molecule has 0 aliphatic carbocycles. The summed E-state index contributed by atoms with van der Waals surface area (Å²) in [7, 11) is 0. The van der Waals surface area contributed by atoms with Gasteiger partial charge >= 0.3 is 5.97 Å². The lowest BCUT2D eigenvalue weighted by Gasteiger charge is -2.19. The Hall–Kier alpha value is -1.84. The van der Waals surface area contributed by atoms with Gasteiger partial charge in [-0.2, -0.15) is 0 Å². The van der Waals surface area contributed by atoms with E-state index in [9.17, 15) is 9.59 Å². The van der Waals surface area contributed by atoms with Gasteiger partial charge in [-0.15, -0.1) is 0 Å². The van der Waals surface area contributed by atoms with Gasteiger partial charge in [-0.1, -0.05) is 12.1 Å². The molecule has 0 aliphatic rings. The number of benzene rings is 1. The Morgan fingerprint density at radius 1 is 1.21 bits per heavy atom. The van der Waals surface area contributed by atoms with Crippen LogP contribution >= 0.6 is 0 Å². The lowest BCUT2D eigenvalue weighted by Crippen LogP contribution is -2.34. The van der Waals surface area contributed by atoms with Crippen LogP contribution in [0.1, 0.15) is 42.3 Å². The Morgan fingerprint density at radius 3 is 2.42 bits per heavy atom. The Morgan fingerprint density at radius 2 is 1.84 bits per heavy atom. The van der Waals surface area contributed by atoms with Crippen LogP contribution in [0.5, 0.6) is 0 Å². The molecule has 0 atom stereocenters. The highest BCUT2D eigenvalue weighted by molar-refractivity contribution is 5.97. The van der Waals surface area contributed by atoms with E-state index in [1.165, 1.54) is 0 Å². The number of aryl methyl sites for hydroxylation is 1. The first-order chi connectivity index (χ1) is 8.70. The Balaban J connectivity index is 2.61. The number of hydrogen-bond donors (Lipinski definition) is 1. The molecule has 0 spiro atoms. The summed E-state index contributed by atoms with van der Waals surface area (Å²) in [6.45, 7) is 9.08. The largest absolute Gasteiger partial charge is 0.459 e. The highest BCUT2D eigenvalue weighted by Crippen LogP contribution is 2.12. The smallest absolute Gasteiger partial charge is 0.325 e. The van der Waals surface area contributed by atoms with Gasteiger partial charge in [0.25, 0.3) is 5.91 Å². The predicted molar refractivity (Wildman–Crippen MR) is 74.1 cm³/mol.